The van der Waals surface area contributed by atoms with Crippen LogP contribution in [0.5, 0.6) is 0 Å². The van der Waals surface area contributed by atoms with E-state index in [1.54, 1.807) is 17.0 Å². The van der Waals surface area contributed by atoms with Crippen LogP contribution in [0, 0.1) is 0 Å². The molecule has 0 aliphatic heterocycles. The van der Waals surface area contributed by atoms with E-state index in [1.165, 1.54) is 16.9 Å². The summed E-state index contributed by atoms with van der Waals surface area (Å²) in [5, 5.41) is 0. The van der Waals surface area contributed by atoms with Crippen molar-refractivity contribution >= 4 is 5.91 Å². The van der Waals surface area contributed by atoms with Crippen molar-refractivity contribution in [2.75, 3.05) is 0 Å². The van der Waals surface area contributed by atoms with Gasteiger partial charge in [0.25, 0.3) is 5.91 Å². The number of amides is 1. The molecule has 7 nitrogen and oxygen atoms in total. The molecule has 3 N–H and O–H groups in total. The summed E-state index contributed by atoms with van der Waals surface area (Å²) in [6.07, 6.45) is 4.73. The molecule has 0 aliphatic carbocycles. The number of nitrogens with zero attached hydrogens (tertiary/aromatic N) is 2. The molecule has 96 valence electrons. The molecule has 2 aromatic rings. The lowest BCUT2D eigenvalue weighted by atomic mass is 10.2. The molecule has 0 aromatic carbocycles. The van der Waals surface area contributed by atoms with E-state index in [1.807, 2.05) is 12.3 Å². The first-order valence-electron chi connectivity index (χ1n) is 5.50. The van der Waals surface area contributed by atoms with Gasteiger partial charge in [0.2, 0.25) is 0 Å². The van der Waals surface area contributed by atoms with Gasteiger partial charge in [-0.25, -0.2) is 10.6 Å². The molecule has 2 rings (SSSR count). The number of hydrogen-bond donors (Lipinski definition) is 2. The number of imidazole rings is 1. The van der Waals surface area contributed by atoms with E-state index in [0.29, 0.717) is 17.9 Å². The Balaban J connectivity index is 2.29. The second-order valence-electron chi connectivity index (χ2n) is 3.73. The molecule has 18 heavy (non-hydrogen) atoms. The SMILES string of the molecule is CCn1ccn(Cc2occc2C(=O)NN)c1=O. The minimum atomic E-state index is -0.443. The number of aryl methyl sites for hydroxylation is 1. The first-order valence-corrected chi connectivity index (χ1v) is 5.50. The van der Waals surface area contributed by atoms with Crippen molar-refractivity contribution in [2.45, 2.75) is 20.0 Å². The zero-order chi connectivity index (χ0) is 13.1. The van der Waals surface area contributed by atoms with Crippen LogP contribution in [-0.2, 0) is 13.1 Å². The van der Waals surface area contributed by atoms with Crippen molar-refractivity contribution in [1.29, 1.82) is 0 Å². The number of nitrogen functional groups attached to an aromatic ring is 1. The zero-order valence-corrected chi connectivity index (χ0v) is 9.92. The molecule has 0 atom stereocenters. The Morgan fingerprint density at radius 2 is 2.17 bits per heavy atom. The first kappa shape index (κ1) is 12.2. The van der Waals surface area contributed by atoms with Crippen LogP contribution in [0.4, 0.5) is 0 Å². The summed E-state index contributed by atoms with van der Waals surface area (Å²) in [5.41, 5.74) is 2.22. The second-order valence-corrected chi connectivity index (χ2v) is 3.73. The van der Waals surface area contributed by atoms with E-state index < -0.39 is 5.91 Å². The molecule has 0 radical (unpaired) electrons. The highest BCUT2D eigenvalue weighted by Crippen LogP contribution is 2.11. The highest BCUT2D eigenvalue weighted by Gasteiger charge is 2.15. The van der Waals surface area contributed by atoms with Crippen molar-refractivity contribution in [1.82, 2.24) is 14.6 Å². The molecule has 7 heteroatoms. The topological polar surface area (TPSA) is 95.2 Å². The van der Waals surface area contributed by atoms with Gasteiger partial charge in [-0.3, -0.25) is 19.4 Å². The van der Waals surface area contributed by atoms with Crippen LogP contribution < -0.4 is 17.0 Å². The Labute approximate surface area is 103 Å². The molecular formula is C11H14N4O3. The summed E-state index contributed by atoms with van der Waals surface area (Å²) in [4.78, 5) is 23.3. The molecule has 0 aliphatic rings. The number of nitrogens with two attached hydrogens (primary N) is 1. The molecule has 2 heterocycles. The summed E-state index contributed by atoms with van der Waals surface area (Å²) >= 11 is 0. The average molecular weight is 250 g/mol. The van der Waals surface area contributed by atoms with Crippen LogP contribution in [0.1, 0.15) is 23.0 Å². The molecule has 0 bridgehead atoms. The van der Waals surface area contributed by atoms with E-state index >= 15 is 0 Å². The number of furan rings is 1. The molecule has 0 saturated heterocycles. The average Bonchev–Trinajstić information content (AvgIpc) is 2.97. The lowest BCUT2D eigenvalue weighted by Gasteiger charge is -2.02. The molecule has 0 unspecified atom stereocenters. The van der Waals surface area contributed by atoms with Crippen molar-refractivity contribution in [3.8, 4) is 0 Å². The maximum atomic E-state index is 11.8. The Morgan fingerprint density at radius 1 is 1.44 bits per heavy atom. The molecule has 0 fully saturated rings. The van der Waals surface area contributed by atoms with Crippen molar-refractivity contribution < 1.29 is 9.21 Å². The summed E-state index contributed by atoms with van der Waals surface area (Å²) in [7, 11) is 0. The second kappa shape index (κ2) is 4.92. The Bertz CT molecular complexity index is 608. The van der Waals surface area contributed by atoms with Gasteiger partial charge in [-0.15, -0.1) is 0 Å². The molecule has 0 spiro atoms. The van der Waals surface area contributed by atoms with Crippen molar-refractivity contribution in [3.05, 3.63) is 46.5 Å². The minimum absolute atomic E-state index is 0.145. The highest BCUT2D eigenvalue weighted by molar-refractivity contribution is 5.94. The Kier molecular flexibility index (Phi) is 3.33. The maximum Gasteiger partial charge on any atom is 0.328 e. The normalized spacial score (nSPS) is 10.6. The van der Waals surface area contributed by atoms with Crippen LogP contribution in [-0.4, -0.2) is 15.0 Å². The summed E-state index contributed by atoms with van der Waals surface area (Å²) in [5.74, 6) is 5.02. The third kappa shape index (κ3) is 2.07. The number of carbonyl (C=O) groups is 1. The number of nitrogens with one attached hydrogen (secondary N) is 1. The lowest BCUT2D eigenvalue weighted by molar-refractivity contribution is 0.0951. The predicted octanol–water partition coefficient (Wildman–Crippen LogP) is -0.0855. The van der Waals surface area contributed by atoms with Gasteiger partial charge in [0.15, 0.2) is 0 Å². The van der Waals surface area contributed by atoms with Crippen molar-refractivity contribution in [3.63, 3.8) is 0 Å². The zero-order valence-electron chi connectivity index (χ0n) is 9.92. The number of carbonyl (C=O) groups excluding carboxylic acids is 1. The minimum Gasteiger partial charge on any atom is -0.467 e. The van der Waals surface area contributed by atoms with Gasteiger partial charge in [-0.05, 0) is 13.0 Å². The van der Waals surface area contributed by atoms with Gasteiger partial charge < -0.3 is 4.42 Å². The Morgan fingerprint density at radius 3 is 2.78 bits per heavy atom. The number of aromatic nitrogens is 2. The molecule has 2 aromatic heterocycles. The quantitative estimate of drug-likeness (QED) is 0.450. The lowest BCUT2D eigenvalue weighted by Crippen LogP contribution is -2.31. The van der Waals surface area contributed by atoms with E-state index in [2.05, 4.69) is 0 Å². The summed E-state index contributed by atoms with van der Waals surface area (Å²) in [6.45, 7) is 2.67. The van der Waals surface area contributed by atoms with Gasteiger partial charge in [0.1, 0.15) is 5.76 Å². The van der Waals surface area contributed by atoms with Crippen LogP contribution in [0.15, 0.2) is 33.9 Å². The van der Waals surface area contributed by atoms with Crippen LogP contribution in [0.2, 0.25) is 0 Å². The summed E-state index contributed by atoms with van der Waals surface area (Å²) < 4.78 is 8.23. The van der Waals surface area contributed by atoms with Gasteiger partial charge in [-0.2, -0.15) is 0 Å². The predicted molar refractivity (Wildman–Crippen MR) is 63.8 cm³/mol. The third-order valence-electron chi connectivity index (χ3n) is 2.69. The number of hydrogen-bond acceptors (Lipinski definition) is 4. The number of rotatable bonds is 4. The fourth-order valence-corrected chi connectivity index (χ4v) is 1.71. The van der Waals surface area contributed by atoms with E-state index in [0.717, 1.165) is 0 Å². The van der Waals surface area contributed by atoms with Gasteiger partial charge in [0, 0.05) is 18.9 Å². The van der Waals surface area contributed by atoms with Crippen LogP contribution in [0.25, 0.3) is 0 Å². The fraction of sp³-hybridized carbons (Fsp3) is 0.273. The Hall–Kier alpha value is -2.28. The van der Waals surface area contributed by atoms with E-state index in [9.17, 15) is 9.59 Å². The van der Waals surface area contributed by atoms with E-state index in [-0.39, 0.29) is 12.2 Å². The first-order chi connectivity index (χ1) is 8.67. The van der Waals surface area contributed by atoms with Gasteiger partial charge in [0.05, 0.1) is 18.4 Å². The molecule has 0 saturated carbocycles. The van der Waals surface area contributed by atoms with Gasteiger partial charge in [-0.1, -0.05) is 0 Å². The highest BCUT2D eigenvalue weighted by atomic mass is 16.3. The van der Waals surface area contributed by atoms with Crippen molar-refractivity contribution in [2.24, 2.45) is 5.84 Å². The van der Waals surface area contributed by atoms with Crippen LogP contribution in [0.3, 0.4) is 0 Å². The summed E-state index contributed by atoms with van der Waals surface area (Å²) in [6, 6.07) is 1.51. The molecular weight excluding hydrogens is 236 g/mol. The van der Waals surface area contributed by atoms with E-state index in [4.69, 9.17) is 10.3 Å². The fourth-order valence-electron chi connectivity index (χ4n) is 1.71. The standard InChI is InChI=1S/C11H14N4O3/c1-2-14-4-5-15(11(14)17)7-9-8(3-6-18-9)10(16)13-12/h3-6H,2,7,12H2,1H3,(H,13,16). The van der Waals surface area contributed by atoms with Crippen LogP contribution >= 0.6 is 0 Å². The largest absolute Gasteiger partial charge is 0.467 e. The molecule has 1 amide bonds. The number of hydrazine groups is 1. The third-order valence-corrected chi connectivity index (χ3v) is 2.69. The monoisotopic (exact) mass is 250 g/mol. The smallest absolute Gasteiger partial charge is 0.328 e. The van der Waals surface area contributed by atoms with Gasteiger partial charge >= 0.3 is 5.69 Å². The maximum absolute atomic E-state index is 11.8.